The van der Waals surface area contributed by atoms with Crippen LogP contribution in [-0.2, 0) is 0 Å². The first-order valence-corrected chi connectivity index (χ1v) is 10.0. The zero-order valence-corrected chi connectivity index (χ0v) is 17.0. The molecule has 0 amide bonds. The Morgan fingerprint density at radius 3 is 1.56 bits per heavy atom. The molecule has 0 bridgehead atoms. The zero-order chi connectivity index (χ0) is 18.5. The smallest absolute Gasteiger partial charge is 0.0181 e. The fourth-order valence-electron chi connectivity index (χ4n) is 4.23. The minimum Gasteiger partial charge on any atom is -0.0616 e. The minimum atomic E-state index is 1.12. The lowest BCUT2D eigenvalue weighted by Gasteiger charge is -2.15. The summed E-state index contributed by atoms with van der Waals surface area (Å²) in [7, 11) is 0. The van der Waals surface area contributed by atoms with Gasteiger partial charge in [0.2, 0.25) is 0 Å². The molecule has 0 aliphatic heterocycles. The molecule has 0 saturated heterocycles. The molecule has 0 unspecified atom stereocenters. The molecule has 0 aromatic heterocycles. The van der Waals surface area contributed by atoms with Crippen LogP contribution in [0.3, 0.4) is 0 Å². The van der Waals surface area contributed by atoms with E-state index < -0.39 is 0 Å². The van der Waals surface area contributed by atoms with Gasteiger partial charge in [0.25, 0.3) is 0 Å². The van der Waals surface area contributed by atoms with Gasteiger partial charge in [0, 0.05) is 4.47 Å². The Morgan fingerprint density at radius 1 is 0.481 bits per heavy atom. The van der Waals surface area contributed by atoms with Gasteiger partial charge in [0.15, 0.2) is 0 Å². The van der Waals surface area contributed by atoms with Gasteiger partial charge >= 0.3 is 0 Å². The molecule has 5 aromatic carbocycles. The lowest BCUT2D eigenvalue weighted by Crippen LogP contribution is -1.90. The molecular weight excluding hydrogens is 392 g/mol. The Labute approximate surface area is 167 Å². The van der Waals surface area contributed by atoms with E-state index in [1.165, 1.54) is 54.6 Å². The van der Waals surface area contributed by atoms with Crippen molar-refractivity contribution in [2.75, 3.05) is 0 Å². The van der Waals surface area contributed by atoms with E-state index in [4.69, 9.17) is 0 Å². The van der Waals surface area contributed by atoms with E-state index in [0.29, 0.717) is 0 Å². The van der Waals surface area contributed by atoms with E-state index in [1.807, 2.05) is 0 Å². The molecule has 0 heterocycles. The Balaban J connectivity index is 1.98. The summed E-state index contributed by atoms with van der Waals surface area (Å²) in [6.07, 6.45) is 0. The number of hydrogen-bond donors (Lipinski definition) is 0. The molecule has 0 spiro atoms. The van der Waals surface area contributed by atoms with Crippen molar-refractivity contribution in [1.82, 2.24) is 0 Å². The maximum Gasteiger partial charge on any atom is 0.0181 e. The third-order valence-corrected chi connectivity index (χ3v) is 6.07. The van der Waals surface area contributed by atoms with E-state index in [-0.39, 0.29) is 0 Å². The van der Waals surface area contributed by atoms with Crippen LogP contribution in [0, 0.1) is 13.8 Å². The van der Waals surface area contributed by atoms with E-state index in [1.54, 1.807) is 0 Å². The molecule has 0 fully saturated rings. The van der Waals surface area contributed by atoms with Crippen molar-refractivity contribution in [1.29, 1.82) is 0 Å². The van der Waals surface area contributed by atoms with Crippen molar-refractivity contribution in [3.05, 3.63) is 94.5 Å². The van der Waals surface area contributed by atoms with Crippen molar-refractivity contribution in [2.45, 2.75) is 13.8 Å². The average Bonchev–Trinajstić information content (AvgIpc) is 2.70. The van der Waals surface area contributed by atoms with Gasteiger partial charge in [0.05, 0.1) is 0 Å². The number of benzene rings is 5. The van der Waals surface area contributed by atoms with Crippen LogP contribution in [0.25, 0.3) is 43.4 Å². The molecule has 0 aliphatic carbocycles. The summed E-state index contributed by atoms with van der Waals surface area (Å²) in [5.41, 5.74) is 5.21. The molecular formula is C26H19Br. The van der Waals surface area contributed by atoms with Gasteiger partial charge in [-0.3, -0.25) is 0 Å². The van der Waals surface area contributed by atoms with Crippen molar-refractivity contribution in [3.63, 3.8) is 0 Å². The molecule has 1 heteroatoms. The standard InChI is InChI=1S/C26H19Br/c1-16-11-12-18(27)14-23(16)24-15-26-22-10-6-4-8-20(22)19-7-3-5-9-21(19)25(26)13-17(24)2/h3-15H,1-2H3. The SMILES string of the molecule is Cc1ccc(Br)cc1-c1cc2c3ccccc3c3ccccc3c2cc1C. The monoisotopic (exact) mass is 410 g/mol. The molecule has 5 aromatic rings. The predicted molar refractivity (Wildman–Crippen MR) is 122 cm³/mol. The second kappa shape index (κ2) is 6.21. The second-order valence-electron chi connectivity index (χ2n) is 7.26. The van der Waals surface area contributed by atoms with Crippen molar-refractivity contribution < 1.29 is 0 Å². The normalized spacial score (nSPS) is 11.5. The Kier molecular flexibility index (Phi) is 3.80. The van der Waals surface area contributed by atoms with Gasteiger partial charge in [-0.25, -0.2) is 0 Å². The highest BCUT2D eigenvalue weighted by Gasteiger charge is 2.12. The third-order valence-electron chi connectivity index (χ3n) is 5.58. The molecule has 0 N–H and O–H groups in total. The van der Waals surface area contributed by atoms with E-state index in [2.05, 4.69) is 109 Å². The van der Waals surface area contributed by atoms with Crippen LogP contribution >= 0.6 is 15.9 Å². The summed E-state index contributed by atoms with van der Waals surface area (Å²) in [5, 5.41) is 7.95. The van der Waals surface area contributed by atoms with E-state index in [9.17, 15) is 0 Å². The van der Waals surface area contributed by atoms with Crippen LogP contribution in [0.4, 0.5) is 0 Å². The Bertz CT molecular complexity index is 1350. The summed E-state index contributed by atoms with van der Waals surface area (Å²) in [6, 6.07) is 28.8. The molecule has 5 rings (SSSR count). The highest BCUT2D eigenvalue weighted by atomic mass is 79.9. The van der Waals surface area contributed by atoms with Crippen molar-refractivity contribution in [3.8, 4) is 11.1 Å². The summed E-state index contributed by atoms with van der Waals surface area (Å²) < 4.78 is 1.12. The maximum absolute atomic E-state index is 3.64. The molecule has 0 atom stereocenters. The van der Waals surface area contributed by atoms with Gasteiger partial charge in [-0.1, -0.05) is 76.6 Å². The molecule has 0 saturated carbocycles. The Morgan fingerprint density at radius 2 is 0.963 bits per heavy atom. The van der Waals surface area contributed by atoms with Gasteiger partial charge < -0.3 is 0 Å². The largest absolute Gasteiger partial charge is 0.0616 e. The lowest BCUT2D eigenvalue weighted by molar-refractivity contribution is 1.41. The summed E-state index contributed by atoms with van der Waals surface area (Å²) >= 11 is 3.64. The third kappa shape index (κ3) is 2.57. The van der Waals surface area contributed by atoms with E-state index >= 15 is 0 Å². The number of aryl methyl sites for hydroxylation is 2. The van der Waals surface area contributed by atoms with Crippen molar-refractivity contribution in [2.24, 2.45) is 0 Å². The number of fused-ring (bicyclic) bond motifs is 6. The summed E-state index contributed by atoms with van der Waals surface area (Å²) in [5.74, 6) is 0. The lowest BCUT2D eigenvalue weighted by atomic mass is 9.89. The summed E-state index contributed by atoms with van der Waals surface area (Å²) in [6.45, 7) is 4.41. The van der Waals surface area contributed by atoms with E-state index in [0.717, 1.165) is 4.47 Å². The molecule has 0 nitrogen and oxygen atoms in total. The van der Waals surface area contributed by atoms with Crippen LogP contribution in [0.2, 0.25) is 0 Å². The van der Waals surface area contributed by atoms with Gasteiger partial charge in [0.1, 0.15) is 0 Å². The Hall–Kier alpha value is -2.64. The highest BCUT2D eigenvalue weighted by Crippen LogP contribution is 2.39. The second-order valence-corrected chi connectivity index (χ2v) is 8.18. The van der Waals surface area contributed by atoms with Gasteiger partial charge in [-0.2, -0.15) is 0 Å². The maximum atomic E-state index is 3.64. The topological polar surface area (TPSA) is 0 Å². The predicted octanol–water partition coefficient (Wildman–Crippen LogP) is 8.19. The van der Waals surface area contributed by atoms with Crippen LogP contribution in [-0.4, -0.2) is 0 Å². The van der Waals surface area contributed by atoms with Crippen LogP contribution in [0.5, 0.6) is 0 Å². The molecule has 0 aliphatic rings. The molecule has 130 valence electrons. The quantitative estimate of drug-likeness (QED) is 0.244. The average molecular weight is 411 g/mol. The molecule has 27 heavy (non-hydrogen) atoms. The van der Waals surface area contributed by atoms with Crippen LogP contribution < -0.4 is 0 Å². The fourth-order valence-corrected chi connectivity index (χ4v) is 4.59. The first-order chi connectivity index (χ1) is 13.1. The number of rotatable bonds is 1. The summed E-state index contributed by atoms with van der Waals surface area (Å²) in [4.78, 5) is 0. The molecule has 0 radical (unpaired) electrons. The first-order valence-electron chi connectivity index (χ1n) is 9.24. The van der Waals surface area contributed by atoms with Gasteiger partial charge in [-0.15, -0.1) is 0 Å². The number of hydrogen-bond acceptors (Lipinski definition) is 0. The zero-order valence-electron chi connectivity index (χ0n) is 15.4. The first kappa shape index (κ1) is 16.5. The van der Waals surface area contributed by atoms with Crippen molar-refractivity contribution >= 4 is 48.2 Å². The van der Waals surface area contributed by atoms with Crippen LogP contribution in [0.1, 0.15) is 11.1 Å². The highest BCUT2D eigenvalue weighted by molar-refractivity contribution is 9.10. The van der Waals surface area contributed by atoms with Crippen LogP contribution in [0.15, 0.2) is 83.3 Å². The van der Waals surface area contributed by atoms with Gasteiger partial charge in [-0.05, 0) is 86.6 Å². The number of halogens is 1. The minimum absolute atomic E-state index is 1.12. The fraction of sp³-hybridized carbons (Fsp3) is 0.0769.